The van der Waals surface area contributed by atoms with E-state index in [0.29, 0.717) is 12.1 Å². The van der Waals surface area contributed by atoms with Crippen molar-refractivity contribution in [1.82, 2.24) is 0 Å². The van der Waals surface area contributed by atoms with Crippen LogP contribution >= 0.6 is 0 Å². The van der Waals surface area contributed by atoms with Crippen LogP contribution in [0.3, 0.4) is 0 Å². The van der Waals surface area contributed by atoms with Crippen LogP contribution in [0.4, 0.5) is 26.3 Å². The third kappa shape index (κ3) is 3.32. The van der Waals surface area contributed by atoms with Crippen LogP contribution in [0.1, 0.15) is 33.2 Å². The molecule has 0 radical (unpaired) electrons. The second-order valence-corrected chi connectivity index (χ2v) is 3.85. The third-order valence-corrected chi connectivity index (χ3v) is 2.49. The van der Waals surface area contributed by atoms with Gasteiger partial charge in [0.1, 0.15) is 0 Å². The van der Waals surface area contributed by atoms with Crippen molar-refractivity contribution in [1.29, 1.82) is 0 Å². The minimum absolute atomic E-state index is 0.320. The third-order valence-electron chi connectivity index (χ3n) is 2.49. The Morgan fingerprint density at radius 2 is 1.52 bits per heavy atom. The summed E-state index contributed by atoms with van der Waals surface area (Å²) in [7, 11) is 0. The van der Waals surface area contributed by atoms with Crippen LogP contribution in [0.2, 0.25) is 0 Å². The maximum atomic E-state index is 12.9. The summed E-state index contributed by atoms with van der Waals surface area (Å²) in [6, 6.07) is 0.688. The van der Waals surface area contributed by atoms with Gasteiger partial charge in [0.2, 0.25) is 0 Å². The van der Waals surface area contributed by atoms with Crippen LogP contribution in [0, 0.1) is 0 Å². The number of aliphatic hydroxyl groups is 1. The Labute approximate surface area is 112 Å². The van der Waals surface area contributed by atoms with Gasteiger partial charge in [0.15, 0.2) is 12.4 Å². The molecular formula is C11H6F6O4. The summed E-state index contributed by atoms with van der Waals surface area (Å²) in [6.07, 6.45) is -14.4. The number of carbonyl (C=O) groups is 2. The average Bonchev–Trinajstić information content (AvgIpc) is 2.33. The molecule has 0 saturated heterocycles. The van der Waals surface area contributed by atoms with Crippen LogP contribution in [0.5, 0.6) is 0 Å². The predicted octanol–water partition coefficient (Wildman–Crippen LogP) is 2.65. The Morgan fingerprint density at radius 1 is 1.05 bits per heavy atom. The first kappa shape index (κ1) is 17.0. The molecule has 0 heterocycles. The highest BCUT2D eigenvalue weighted by molar-refractivity contribution is 5.81. The lowest BCUT2D eigenvalue weighted by atomic mass is 9.92. The minimum Gasteiger partial charge on any atom is -0.479 e. The van der Waals surface area contributed by atoms with E-state index in [1.807, 2.05) is 0 Å². The van der Waals surface area contributed by atoms with Gasteiger partial charge in [-0.2, -0.15) is 26.3 Å². The number of benzene rings is 1. The molecule has 0 aliphatic rings. The number of carbonyl (C=O) groups excluding carboxylic acids is 1. The van der Waals surface area contributed by atoms with Gasteiger partial charge in [-0.25, -0.2) is 4.79 Å². The number of aliphatic hydroxyl groups excluding tert-OH is 1. The minimum atomic E-state index is -5.62. The number of carboxylic acids is 1. The second kappa shape index (κ2) is 5.35. The van der Waals surface area contributed by atoms with Crippen LogP contribution < -0.4 is 0 Å². The summed E-state index contributed by atoms with van der Waals surface area (Å²) in [5.41, 5.74) is -7.53. The van der Waals surface area contributed by atoms with E-state index in [9.17, 15) is 35.9 Å². The highest BCUT2D eigenvalue weighted by atomic mass is 19.4. The average molecular weight is 316 g/mol. The van der Waals surface area contributed by atoms with Gasteiger partial charge in [-0.1, -0.05) is 12.1 Å². The number of aliphatic carboxylic acids is 1. The van der Waals surface area contributed by atoms with Gasteiger partial charge in [-0.15, -0.1) is 0 Å². The summed E-state index contributed by atoms with van der Waals surface area (Å²) >= 11 is 0. The molecule has 2 N–H and O–H groups in total. The van der Waals surface area contributed by atoms with E-state index in [-0.39, 0.29) is 0 Å². The lowest BCUT2D eigenvalue weighted by molar-refractivity contribution is -0.164. The Balaban J connectivity index is 3.86. The standard InChI is InChI=1S/C11H6F6O4/c12-10(13,14)6-4(3-18)1-2-5(8(19)9(20)21)7(6)11(15,16)17/h1-3,8,19H,(H,20,21). The zero-order chi connectivity index (χ0) is 16.6. The Kier molecular flexibility index (Phi) is 4.32. The van der Waals surface area contributed by atoms with Crippen LogP contribution in [0.25, 0.3) is 0 Å². The number of carboxylic acid groups (broad SMARTS) is 1. The Morgan fingerprint density at radius 3 is 1.86 bits per heavy atom. The zero-order valence-electron chi connectivity index (χ0n) is 9.79. The van der Waals surface area contributed by atoms with Gasteiger partial charge >= 0.3 is 18.3 Å². The van der Waals surface area contributed by atoms with Crippen molar-refractivity contribution in [2.45, 2.75) is 18.5 Å². The van der Waals surface area contributed by atoms with Crippen molar-refractivity contribution in [3.8, 4) is 0 Å². The molecule has 10 heteroatoms. The van der Waals surface area contributed by atoms with Gasteiger partial charge in [0, 0.05) is 11.1 Å². The first-order valence-electron chi connectivity index (χ1n) is 5.08. The molecule has 4 nitrogen and oxygen atoms in total. The van der Waals surface area contributed by atoms with Gasteiger partial charge in [-0.05, 0) is 0 Å². The molecule has 0 aliphatic heterocycles. The van der Waals surface area contributed by atoms with Gasteiger partial charge in [0.05, 0.1) is 11.1 Å². The van der Waals surface area contributed by atoms with E-state index in [1.54, 1.807) is 0 Å². The number of halogens is 6. The van der Waals surface area contributed by atoms with E-state index >= 15 is 0 Å². The zero-order valence-corrected chi connectivity index (χ0v) is 9.79. The lowest BCUT2D eigenvalue weighted by Gasteiger charge is -2.21. The molecule has 21 heavy (non-hydrogen) atoms. The Hall–Kier alpha value is -2.10. The molecule has 1 rings (SSSR count). The summed E-state index contributed by atoms with van der Waals surface area (Å²) in [6.45, 7) is 0. The normalized spacial score (nSPS) is 13.9. The van der Waals surface area contributed by atoms with E-state index in [4.69, 9.17) is 10.2 Å². The maximum Gasteiger partial charge on any atom is 0.417 e. The van der Waals surface area contributed by atoms with E-state index in [1.165, 1.54) is 0 Å². The van der Waals surface area contributed by atoms with Gasteiger partial charge in [0.25, 0.3) is 0 Å². The quantitative estimate of drug-likeness (QED) is 0.664. The predicted molar refractivity (Wildman–Crippen MR) is 54.4 cm³/mol. The van der Waals surface area contributed by atoms with Crippen molar-refractivity contribution < 1.29 is 46.1 Å². The van der Waals surface area contributed by atoms with Crippen molar-refractivity contribution in [3.05, 3.63) is 34.4 Å². The van der Waals surface area contributed by atoms with Crippen LogP contribution in [0.15, 0.2) is 12.1 Å². The fourth-order valence-electron chi connectivity index (χ4n) is 1.70. The molecule has 1 aromatic carbocycles. The Bertz CT molecular complexity index is 575. The summed E-state index contributed by atoms with van der Waals surface area (Å²) in [5.74, 6) is -2.16. The fourth-order valence-corrected chi connectivity index (χ4v) is 1.70. The number of alkyl halides is 6. The first-order chi connectivity index (χ1) is 9.41. The SMILES string of the molecule is O=Cc1ccc(C(O)C(=O)O)c(C(F)(F)F)c1C(F)(F)F. The van der Waals surface area contributed by atoms with Crippen molar-refractivity contribution in [2.75, 3.05) is 0 Å². The van der Waals surface area contributed by atoms with Crippen molar-refractivity contribution >= 4 is 12.3 Å². The summed E-state index contributed by atoms with van der Waals surface area (Å²) in [5, 5.41) is 17.6. The highest BCUT2D eigenvalue weighted by Crippen LogP contribution is 2.44. The van der Waals surface area contributed by atoms with Gasteiger partial charge < -0.3 is 10.2 Å². The molecule has 0 aromatic heterocycles. The van der Waals surface area contributed by atoms with E-state index in [2.05, 4.69) is 0 Å². The molecule has 0 saturated carbocycles. The van der Waals surface area contributed by atoms with Crippen LogP contribution in [-0.4, -0.2) is 22.5 Å². The smallest absolute Gasteiger partial charge is 0.417 e. The molecule has 0 spiro atoms. The van der Waals surface area contributed by atoms with Crippen molar-refractivity contribution in [2.24, 2.45) is 0 Å². The molecule has 0 aliphatic carbocycles. The van der Waals surface area contributed by atoms with E-state index in [0.717, 1.165) is 0 Å². The maximum absolute atomic E-state index is 12.9. The molecule has 1 aromatic rings. The molecule has 116 valence electrons. The van der Waals surface area contributed by atoms with E-state index < -0.39 is 53.0 Å². The van der Waals surface area contributed by atoms with Gasteiger partial charge in [-0.3, -0.25) is 4.79 Å². The molecule has 0 bridgehead atoms. The number of rotatable bonds is 3. The molecule has 1 atom stereocenters. The fraction of sp³-hybridized carbons (Fsp3) is 0.273. The number of hydrogen-bond acceptors (Lipinski definition) is 3. The summed E-state index contributed by atoms with van der Waals surface area (Å²) < 4.78 is 76.9. The number of aldehydes is 1. The molecule has 0 fully saturated rings. The topological polar surface area (TPSA) is 74.6 Å². The second-order valence-electron chi connectivity index (χ2n) is 3.85. The van der Waals surface area contributed by atoms with Crippen LogP contribution in [-0.2, 0) is 17.1 Å². The first-order valence-corrected chi connectivity index (χ1v) is 5.08. The molecular weight excluding hydrogens is 310 g/mol. The monoisotopic (exact) mass is 316 g/mol. The molecule has 1 unspecified atom stereocenters. The lowest BCUT2D eigenvalue weighted by Crippen LogP contribution is -2.24. The largest absolute Gasteiger partial charge is 0.479 e. The molecule has 0 amide bonds. The number of hydrogen-bond donors (Lipinski definition) is 2. The summed E-state index contributed by atoms with van der Waals surface area (Å²) in [4.78, 5) is 21.0. The highest BCUT2D eigenvalue weighted by Gasteiger charge is 2.48. The van der Waals surface area contributed by atoms with Crippen molar-refractivity contribution in [3.63, 3.8) is 0 Å².